The lowest BCUT2D eigenvalue weighted by Gasteiger charge is -2.21. The third kappa shape index (κ3) is 3.45. The Morgan fingerprint density at radius 1 is 1.30 bits per heavy atom. The molecule has 0 bridgehead atoms. The van der Waals surface area contributed by atoms with E-state index in [1.54, 1.807) is 13.2 Å². The van der Waals surface area contributed by atoms with Crippen LogP contribution in [-0.4, -0.2) is 18.8 Å². The zero-order chi connectivity index (χ0) is 14.5. The van der Waals surface area contributed by atoms with E-state index in [4.69, 9.17) is 16.3 Å². The van der Waals surface area contributed by atoms with Crippen molar-refractivity contribution in [2.24, 2.45) is 0 Å². The van der Waals surface area contributed by atoms with Gasteiger partial charge in [0.25, 0.3) is 0 Å². The Kier molecular flexibility index (Phi) is 5.29. The van der Waals surface area contributed by atoms with Gasteiger partial charge in [-0.2, -0.15) is 0 Å². The fourth-order valence-corrected chi connectivity index (χ4v) is 2.53. The molecule has 0 aliphatic rings. The summed E-state index contributed by atoms with van der Waals surface area (Å²) in [7, 11) is 1.61. The topological polar surface area (TPSA) is 41.5 Å². The summed E-state index contributed by atoms with van der Waals surface area (Å²) in [6.07, 6.45) is 0. The summed E-state index contributed by atoms with van der Waals surface area (Å²) in [4.78, 5) is 0. The quantitative estimate of drug-likeness (QED) is 0.841. The summed E-state index contributed by atoms with van der Waals surface area (Å²) in [5.41, 5.74) is 1.64. The second-order valence-electron chi connectivity index (χ2n) is 4.25. The van der Waals surface area contributed by atoms with Gasteiger partial charge >= 0.3 is 0 Å². The van der Waals surface area contributed by atoms with E-state index < -0.39 is 0 Å². The maximum Gasteiger partial charge on any atom is 0.124 e. The highest BCUT2D eigenvalue weighted by Crippen LogP contribution is 2.32. The minimum absolute atomic E-state index is 0.0714. The van der Waals surface area contributed by atoms with E-state index in [-0.39, 0.29) is 12.6 Å². The molecule has 0 amide bonds. The number of halogens is 2. The van der Waals surface area contributed by atoms with E-state index in [2.05, 4.69) is 21.2 Å². The second-order valence-corrected chi connectivity index (χ2v) is 5.57. The Morgan fingerprint density at radius 2 is 2.05 bits per heavy atom. The third-order valence-corrected chi connectivity index (χ3v) is 3.78. The monoisotopic (exact) mass is 355 g/mol. The van der Waals surface area contributed by atoms with E-state index in [0.717, 1.165) is 15.7 Å². The molecule has 3 nitrogen and oxygen atoms in total. The molecular weight excluding hydrogens is 342 g/mol. The maximum atomic E-state index is 9.67. The summed E-state index contributed by atoms with van der Waals surface area (Å²) < 4.78 is 6.27. The molecule has 2 rings (SSSR count). The van der Waals surface area contributed by atoms with Gasteiger partial charge in [0.05, 0.1) is 30.5 Å². The Labute approximate surface area is 131 Å². The van der Waals surface area contributed by atoms with E-state index in [1.165, 1.54) is 0 Å². The molecule has 0 saturated heterocycles. The van der Waals surface area contributed by atoms with Crippen LogP contribution >= 0.6 is 27.5 Å². The average Bonchev–Trinajstić information content (AvgIpc) is 2.46. The van der Waals surface area contributed by atoms with E-state index in [0.29, 0.717) is 10.8 Å². The molecule has 0 aliphatic heterocycles. The van der Waals surface area contributed by atoms with Crippen molar-refractivity contribution in [3.63, 3.8) is 0 Å². The van der Waals surface area contributed by atoms with Gasteiger partial charge in [0.15, 0.2) is 0 Å². The van der Waals surface area contributed by atoms with Gasteiger partial charge in [-0.3, -0.25) is 0 Å². The van der Waals surface area contributed by atoms with Crippen LogP contribution < -0.4 is 10.1 Å². The third-order valence-electron chi connectivity index (χ3n) is 2.95. The van der Waals surface area contributed by atoms with E-state index in [1.807, 2.05) is 36.4 Å². The summed E-state index contributed by atoms with van der Waals surface area (Å²) in [6, 6.07) is 12.8. The van der Waals surface area contributed by atoms with Crippen molar-refractivity contribution in [3.8, 4) is 5.75 Å². The number of rotatable bonds is 5. The number of methoxy groups -OCH3 is 1. The van der Waals surface area contributed by atoms with Gasteiger partial charge in [-0.05, 0) is 30.3 Å². The Bertz CT molecular complexity index is 592. The number of benzene rings is 2. The van der Waals surface area contributed by atoms with Crippen LogP contribution in [0.1, 0.15) is 11.6 Å². The van der Waals surface area contributed by atoms with Gasteiger partial charge in [0.2, 0.25) is 0 Å². The minimum atomic E-state index is -0.303. The molecule has 0 aliphatic carbocycles. The van der Waals surface area contributed by atoms with Crippen LogP contribution in [0.3, 0.4) is 0 Å². The molecule has 0 saturated carbocycles. The summed E-state index contributed by atoms with van der Waals surface area (Å²) >= 11 is 9.56. The van der Waals surface area contributed by atoms with Crippen LogP contribution in [0.15, 0.2) is 46.9 Å². The van der Waals surface area contributed by atoms with Crippen LogP contribution in [0.4, 0.5) is 5.69 Å². The maximum absolute atomic E-state index is 9.67. The SMILES string of the molecule is COc1ccc(Br)cc1C(CO)Nc1ccccc1Cl. The molecule has 2 N–H and O–H groups in total. The predicted octanol–water partition coefficient (Wildman–Crippen LogP) is 4.26. The van der Waals surface area contributed by atoms with Gasteiger partial charge in [0, 0.05) is 10.0 Å². The van der Waals surface area contributed by atoms with Crippen LogP contribution in [0.25, 0.3) is 0 Å². The molecule has 0 aromatic heterocycles. The largest absolute Gasteiger partial charge is 0.496 e. The van der Waals surface area contributed by atoms with Crippen molar-refractivity contribution < 1.29 is 9.84 Å². The average molecular weight is 357 g/mol. The molecule has 2 aromatic carbocycles. The van der Waals surface area contributed by atoms with Crippen LogP contribution in [-0.2, 0) is 0 Å². The lowest BCUT2D eigenvalue weighted by molar-refractivity contribution is 0.273. The van der Waals surface area contributed by atoms with Crippen LogP contribution in [0.2, 0.25) is 5.02 Å². The number of anilines is 1. The lowest BCUT2D eigenvalue weighted by Crippen LogP contribution is -2.16. The Balaban J connectivity index is 2.33. The molecule has 0 radical (unpaired) electrons. The standard InChI is InChI=1S/C15H15BrClNO2/c1-20-15-7-6-10(16)8-11(15)14(9-19)18-13-5-3-2-4-12(13)17/h2-8,14,18-19H,9H2,1H3. The van der Waals surface area contributed by atoms with Crippen molar-refractivity contribution in [1.29, 1.82) is 0 Å². The van der Waals surface area contributed by atoms with Gasteiger partial charge in [-0.1, -0.05) is 39.7 Å². The number of hydrogen-bond donors (Lipinski definition) is 2. The van der Waals surface area contributed by atoms with Crippen LogP contribution in [0.5, 0.6) is 5.75 Å². The van der Waals surface area contributed by atoms with E-state index >= 15 is 0 Å². The van der Waals surface area contributed by atoms with Crippen molar-refractivity contribution in [2.75, 3.05) is 19.0 Å². The first-order valence-electron chi connectivity index (χ1n) is 6.11. The first-order chi connectivity index (χ1) is 9.65. The molecule has 1 atom stereocenters. The number of aliphatic hydroxyl groups excluding tert-OH is 1. The van der Waals surface area contributed by atoms with E-state index in [9.17, 15) is 5.11 Å². The number of nitrogens with one attached hydrogen (secondary N) is 1. The van der Waals surface area contributed by atoms with Crippen molar-refractivity contribution in [1.82, 2.24) is 0 Å². The molecule has 0 spiro atoms. The lowest BCUT2D eigenvalue weighted by atomic mass is 10.1. The second kappa shape index (κ2) is 6.97. The predicted molar refractivity (Wildman–Crippen MR) is 85.6 cm³/mol. The highest BCUT2D eigenvalue weighted by Gasteiger charge is 2.16. The Hall–Kier alpha value is -1.23. The fraction of sp³-hybridized carbons (Fsp3) is 0.200. The molecule has 20 heavy (non-hydrogen) atoms. The summed E-state index contributed by atoms with van der Waals surface area (Å²) in [5, 5.41) is 13.5. The summed E-state index contributed by atoms with van der Waals surface area (Å²) in [5.74, 6) is 0.715. The normalized spacial score (nSPS) is 12.0. The summed E-state index contributed by atoms with van der Waals surface area (Å²) in [6.45, 7) is -0.0714. The van der Waals surface area contributed by atoms with Crippen LogP contribution in [0, 0.1) is 0 Å². The zero-order valence-electron chi connectivity index (χ0n) is 10.9. The Morgan fingerprint density at radius 3 is 2.70 bits per heavy atom. The number of para-hydroxylation sites is 1. The molecule has 1 unspecified atom stereocenters. The molecule has 5 heteroatoms. The molecule has 2 aromatic rings. The highest BCUT2D eigenvalue weighted by molar-refractivity contribution is 9.10. The number of hydrogen-bond acceptors (Lipinski definition) is 3. The first-order valence-corrected chi connectivity index (χ1v) is 7.28. The number of ether oxygens (including phenoxy) is 1. The van der Waals surface area contributed by atoms with Gasteiger partial charge in [-0.15, -0.1) is 0 Å². The van der Waals surface area contributed by atoms with Gasteiger partial charge < -0.3 is 15.2 Å². The molecule has 0 fully saturated rings. The smallest absolute Gasteiger partial charge is 0.124 e. The zero-order valence-corrected chi connectivity index (χ0v) is 13.3. The van der Waals surface area contributed by atoms with Crippen molar-refractivity contribution in [3.05, 3.63) is 57.5 Å². The molecule has 0 heterocycles. The molecule has 106 valence electrons. The number of aliphatic hydroxyl groups is 1. The molecular formula is C15H15BrClNO2. The van der Waals surface area contributed by atoms with Crippen molar-refractivity contribution >= 4 is 33.2 Å². The van der Waals surface area contributed by atoms with Gasteiger partial charge in [0.1, 0.15) is 5.75 Å². The van der Waals surface area contributed by atoms with Gasteiger partial charge in [-0.25, -0.2) is 0 Å². The highest BCUT2D eigenvalue weighted by atomic mass is 79.9. The van der Waals surface area contributed by atoms with Crippen molar-refractivity contribution in [2.45, 2.75) is 6.04 Å². The minimum Gasteiger partial charge on any atom is -0.496 e. The fourth-order valence-electron chi connectivity index (χ4n) is 1.97. The first kappa shape index (κ1) is 15.2.